The van der Waals surface area contributed by atoms with E-state index < -0.39 is 17.7 Å². The lowest BCUT2D eigenvalue weighted by atomic mass is 9.95. The molecular weight excluding hydrogens is 418 g/mol. The third-order valence-corrected chi connectivity index (χ3v) is 5.22. The highest BCUT2D eigenvalue weighted by Crippen LogP contribution is 2.40. The number of hydrogen-bond donors (Lipinski definition) is 1. The number of methoxy groups -OCH3 is 1. The van der Waals surface area contributed by atoms with Crippen molar-refractivity contribution < 1.29 is 24.2 Å². The summed E-state index contributed by atoms with van der Waals surface area (Å²) in [5, 5.41) is 11.5. The molecule has 2 aromatic rings. The van der Waals surface area contributed by atoms with Gasteiger partial charge in [0.15, 0.2) is 0 Å². The lowest BCUT2D eigenvalue weighted by molar-refractivity contribution is -0.140. The average molecular weight is 442 g/mol. The van der Waals surface area contributed by atoms with Gasteiger partial charge in [-0.25, -0.2) is 0 Å². The number of aliphatic hydroxyl groups is 1. The van der Waals surface area contributed by atoms with E-state index in [2.05, 4.69) is 6.58 Å². The van der Waals surface area contributed by atoms with Crippen LogP contribution in [0.1, 0.15) is 23.6 Å². The first-order valence-corrected chi connectivity index (χ1v) is 10.2. The number of amides is 1. The molecule has 1 aliphatic rings. The Morgan fingerprint density at radius 1 is 1.16 bits per heavy atom. The van der Waals surface area contributed by atoms with Crippen molar-refractivity contribution in [1.29, 1.82) is 0 Å². The van der Waals surface area contributed by atoms with Crippen molar-refractivity contribution in [2.45, 2.75) is 12.5 Å². The molecule has 0 unspecified atom stereocenters. The molecule has 7 heteroatoms. The van der Waals surface area contributed by atoms with Gasteiger partial charge < -0.3 is 19.5 Å². The predicted octanol–water partition coefficient (Wildman–Crippen LogP) is 4.36. The van der Waals surface area contributed by atoms with Crippen molar-refractivity contribution in [1.82, 2.24) is 4.90 Å². The normalized spacial score (nSPS) is 17.7. The van der Waals surface area contributed by atoms with Crippen LogP contribution in [-0.2, 0) is 14.3 Å². The fourth-order valence-electron chi connectivity index (χ4n) is 3.50. The van der Waals surface area contributed by atoms with Crippen LogP contribution in [0.25, 0.3) is 5.76 Å². The van der Waals surface area contributed by atoms with E-state index >= 15 is 0 Å². The number of carbonyl (C=O) groups is 2. The van der Waals surface area contributed by atoms with Gasteiger partial charge in [0.25, 0.3) is 11.7 Å². The summed E-state index contributed by atoms with van der Waals surface area (Å²) in [4.78, 5) is 27.2. The standard InChI is InChI=1S/C24H24ClNO5/c1-3-14-31-19-11-7-16(8-12-19)21-20(22(27)17-5-9-18(25)10-6-17)23(28)24(29)26(21)13-4-15-30-2/h3,5-12,21,27H,1,4,13-15H2,2H3/t21-/m0/s1. The Morgan fingerprint density at radius 2 is 1.84 bits per heavy atom. The molecule has 1 N–H and O–H groups in total. The topological polar surface area (TPSA) is 76.1 Å². The maximum Gasteiger partial charge on any atom is 0.295 e. The number of ketones is 1. The minimum Gasteiger partial charge on any atom is -0.507 e. The molecule has 2 aromatic carbocycles. The molecule has 162 valence electrons. The van der Waals surface area contributed by atoms with Crippen LogP contribution >= 0.6 is 11.6 Å². The van der Waals surface area contributed by atoms with E-state index in [0.717, 1.165) is 0 Å². The van der Waals surface area contributed by atoms with Crippen molar-refractivity contribution >= 4 is 29.1 Å². The lowest BCUT2D eigenvalue weighted by Gasteiger charge is -2.25. The van der Waals surface area contributed by atoms with E-state index in [1.807, 2.05) is 0 Å². The van der Waals surface area contributed by atoms with Gasteiger partial charge in [0.1, 0.15) is 18.1 Å². The maximum absolute atomic E-state index is 12.9. The monoisotopic (exact) mass is 441 g/mol. The average Bonchev–Trinajstić information content (AvgIpc) is 3.03. The zero-order valence-corrected chi connectivity index (χ0v) is 18.0. The van der Waals surface area contributed by atoms with Crippen molar-refractivity contribution in [3.8, 4) is 5.75 Å². The summed E-state index contributed by atoms with van der Waals surface area (Å²) in [5.41, 5.74) is 1.15. The quantitative estimate of drug-likeness (QED) is 0.206. The van der Waals surface area contributed by atoms with E-state index in [0.29, 0.717) is 48.1 Å². The summed E-state index contributed by atoms with van der Waals surface area (Å²) in [7, 11) is 1.58. The second-order valence-electron chi connectivity index (χ2n) is 7.01. The molecule has 3 rings (SSSR count). The number of ether oxygens (including phenoxy) is 2. The van der Waals surface area contributed by atoms with E-state index in [9.17, 15) is 14.7 Å². The molecular formula is C24H24ClNO5. The number of halogens is 1. The summed E-state index contributed by atoms with van der Waals surface area (Å²) in [6.07, 6.45) is 2.20. The molecule has 1 aliphatic heterocycles. The Bertz CT molecular complexity index is 982. The Hall–Kier alpha value is -3.09. The number of Topliss-reactive ketones (excluding diaryl/α,β-unsaturated/α-hetero) is 1. The summed E-state index contributed by atoms with van der Waals surface area (Å²) in [6.45, 7) is 4.75. The second-order valence-corrected chi connectivity index (χ2v) is 7.45. The molecule has 0 spiro atoms. The molecule has 0 radical (unpaired) electrons. The minimum atomic E-state index is -0.721. The molecule has 1 fully saturated rings. The van der Waals surface area contributed by atoms with Crippen molar-refractivity contribution in [2.75, 3.05) is 26.9 Å². The minimum absolute atomic E-state index is 0.0458. The smallest absolute Gasteiger partial charge is 0.295 e. The van der Waals surface area contributed by atoms with Gasteiger partial charge in [-0.1, -0.05) is 36.4 Å². The van der Waals surface area contributed by atoms with Gasteiger partial charge in [-0.05, 0) is 48.4 Å². The highest BCUT2D eigenvalue weighted by Gasteiger charge is 2.45. The van der Waals surface area contributed by atoms with Gasteiger partial charge in [0.2, 0.25) is 0 Å². The number of likely N-dealkylation sites (tertiary alicyclic amines) is 1. The first kappa shape index (κ1) is 22.6. The van der Waals surface area contributed by atoms with Gasteiger partial charge >= 0.3 is 0 Å². The van der Waals surface area contributed by atoms with Crippen molar-refractivity contribution in [3.05, 3.63) is 82.9 Å². The summed E-state index contributed by atoms with van der Waals surface area (Å²) >= 11 is 5.94. The van der Waals surface area contributed by atoms with E-state index in [4.69, 9.17) is 21.1 Å². The van der Waals surface area contributed by atoms with Crippen LogP contribution in [-0.4, -0.2) is 48.6 Å². The number of nitrogens with zero attached hydrogens (tertiary/aromatic N) is 1. The van der Waals surface area contributed by atoms with E-state index in [-0.39, 0.29) is 11.3 Å². The Kier molecular flexibility index (Phi) is 7.50. The highest BCUT2D eigenvalue weighted by molar-refractivity contribution is 6.46. The van der Waals surface area contributed by atoms with Gasteiger partial charge in [0, 0.05) is 30.8 Å². The first-order chi connectivity index (χ1) is 15.0. The molecule has 1 saturated heterocycles. The predicted molar refractivity (Wildman–Crippen MR) is 119 cm³/mol. The highest BCUT2D eigenvalue weighted by atomic mass is 35.5. The molecule has 31 heavy (non-hydrogen) atoms. The number of benzene rings is 2. The van der Waals surface area contributed by atoms with Gasteiger partial charge in [-0.3, -0.25) is 9.59 Å². The molecule has 1 amide bonds. The van der Waals surface area contributed by atoms with Crippen LogP contribution in [0.4, 0.5) is 0 Å². The third kappa shape index (κ3) is 4.98. The summed E-state index contributed by atoms with van der Waals surface area (Å²) < 4.78 is 10.6. The second kappa shape index (κ2) is 10.3. The zero-order chi connectivity index (χ0) is 22.4. The van der Waals surface area contributed by atoms with Gasteiger partial charge in [-0.15, -0.1) is 0 Å². The van der Waals surface area contributed by atoms with E-state index in [1.165, 1.54) is 4.90 Å². The zero-order valence-electron chi connectivity index (χ0n) is 17.2. The van der Waals surface area contributed by atoms with E-state index in [1.54, 1.807) is 61.7 Å². The SMILES string of the molecule is C=CCOc1ccc([C@H]2C(=C(O)c3ccc(Cl)cc3)C(=O)C(=O)N2CCCOC)cc1. The molecule has 0 aliphatic carbocycles. The Balaban J connectivity index is 2.05. The lowest BCUT2D eigenvalue weighted by Crippen LogP contribution is -2.31. The third-order valence-electron chi connectivity index (χ3n) is 4.97. The maximum atomic E-state index is 12.9. The van der Waals surface area contributed by atoms with Gasteiger partial charge in [0.05, 0.1) is 11.6 Å². The van der Waals surface area contributed by atoms with Crippen LogP contribution in [0.3, 0.4) is 0 Å². The molecule has 6 nitrogen and oxygen atoms in total. The largest absolute Gasteiger partial charge is 0.507 e. The van der Waals surface area contributed by atoms with Crippen LogP contribution in [0, 0.1) is 0 Å². The van der Waals surface area contributed by atoms with Crippen LogP contribution in [0.2, 0.25) is 5.02 Å². The van der Waals surface area contributed by atoms with Crippen molar-refractivity contribution in [2.24, 2.45) is 0 Å². The molecule has 0 bridgehead atoms. The number of hydrogen-bond acceptors (Lipinski definition) is 5. The Morgan fingerprint density at radius 3 is 2.45 bits per heavy atom. The fraction of sp³-hybridized carbons (Fsp3) is 0.250. The molecule has 0 saturated carbocycles. The number of carbonyl (C=O) groups excluding carboxylic acids is 2. The van der Waals surface area contributed by atoms with Crippen molar-refractivity contribution in [3.63, 3.8) is 0 Å². The molecule has 1 heterocycles. The molecule has 1 atom stereocenters. The number of aliphatic hydroxyl groups excluding tert-OH is 1. The Labute approximate surface area is 186 Å². The number of rotatable bonds is 9. The fourth-order valence-corrected chi connectivity index (χ4v) is 3.63. The van der Waals surface area contributed by atoms with Crippen LogP contribution in [0.5, 0.6) is 5.75 Å². The summed E-state index contributed by atoms with van der Waals surface area (Å²) in [6, 6.07) is 12.8. The van der Waals surface area contributed by atoms with Crippen LogP contribution < -0.4 is 4.74 Å². The summed E-state index contributed by atoms with van der Waals surface area (Å²) in [5.74, 6) is -0.968. The van der Waals surface area contributed by atoms with Crippen LogP contribution in [0.15, 0.2) is 66.8 Å². The molecule has 0 aromatic heterocycles. The first-order valence-electron chi connectivity index (χ1n) is 9.85. The van der Waals surface area contributed by atoms with Gasteiger partial charge in [-0.2, -0.15) is 0 Å².